The van der Waals surface area contributed by atoms with E-state index in [4.69, 9.17) is 4.74 Å². The van der Waals surface area contributed by atoms with Gasteiger partial charge < -0.3 is 15.0 Å². The summed E-state index contributed by atoms with van der Waals surface area (Å²) in [5.41, 5.74) is 1.84. The van der Waals surface area contributed by atoms with Crippen molar-refractivity contribution in [2.75, 3.05) is 32.6 Å². The van der Waals surface area contributed by atoms with E-state index in [-0.39, 0.29) is 17.3 Å². The first kappa shape index (κ1) is 24.4. The molecule has 0 spiro atoms. The maximum Gasteiger partial charge on any atom is 0.324 e. The van der Waals surface area contributed by atoms with Gasteiger partial charge in [0.15, 0.2) is 6.61 Å². The molecule has 0 aromatic heterocycles. The van der Waals surface area contributed by atoms with E-state index in [0.717, 1.165) is 9.87 Å². The van der Waals surface area contributed by atoms with Crippen LogP contribution >= 0.6 is 0 Å². The van der Waals surface area contributed by atoms with Crippen molar-refractivity contribution in [3.63, 3.8) is 0 Å². The molecule has 0 unspecified atom stereocenters. The third-order valence-corrected chi connectivity index (χ3v) is 7.19. The first-order valence-electron chi connectivity index (χ1n) is 10.5. The molecule has 2 amide bonds. The van der Waals surface area contributed by atoms with Crippen LogP contribution in [0.2, 0.25) is 0 Å². The molecule has 0 saturated carbocycles. The zero-order valence-electron chi connectivity index (χ0n) is 18.8. The van der Waals surface area contributed by atoms with E-state index in [1.165, 1.54) is 17.0 Å². The van der Waals surface area contributed by atoms with E-state index in [2.05, 4.69) is 5.32 Å². The van der Waals surface area contributed by atoms with Crippen LogP contribution in [0.25, 0.3) is 0 Å². The molecular weight excluding hydrogens is 446 g/mol. The number of ether oxygens (including phenoxy) is 1. The smallest absolute Gasteiger partial charge is 0.324 e. The van der Waals surface area contributed by atoms with Crippen LogP contribution in [0.1, 0.15) is 28.8 Å². The van der Waals surface area contributed by atoms with Gasteiger partial charge in [0.25, 0.3) is 11.8 Å². The first-order chi connectivity index (χ1) is 15.6. The van der Waals surface area contributed by atoms with Gasteiger partial charge >= 0.3 is 5.97 Å². The Morgan fingerprint density at radius 2 is 1.70 bits per heavy atom. The van der Waals surface area contributed by atoms with Crippen LogP contribution in [0.15, 0.2) is 53.4 Å². The normalized spacial score (nSPS) is 16.3. The summed E-state index contributed by atoms with van der Waals surface area (Å²) in [5.74, 6) is -1.49. The van der Waals surface area contributed by atoms with Crippen LogP contribution in [0.5, 0.6) is 0 Å². The molecule has 3 rings (SSSR count). The lowest BCUT2D eigenvalue weighted by Gasteiger charge is -2.22. The molecule has 0 aliphatic carbocycles. The number of hydrogen-bond acceptors (Lipinski definition) is 6. The number of carbonyl (C=O) groups is 3. The molecule has 0 radical (unpaired) electrons. The second-order valence-corrected chi connectivity index (χ2v) is 9.91. The summed E-state index contributed by atoms with van der Waals surface area (Å²) in [6.07, 6.45) is 0.849. The van der Waals surface area contributed by atoms with E-state index in [1.807, 2.05) is 6.92 Å². The van der Waals surface area contributed by atoms with E-state index in [1.54, 1.807) is 50.5 Å². The van der Waals surface area contributed by atoms with Crippen molar-refractivity contribution in [3.05, 3.63) is 59.7 Å². The number of aryl methyl sites for hydroxylation is 1. The highest BCUT2D eigenvalue weighted by Gasteiger charge is 2.40. The number of carbonyl (C=O) groups excluding carboxylic acids is 3. The van der Waals surface area contributed by atoms with Crippen molar-refractivity contribution >= 4 is 33.5 Å². The second kappa shape index (κ2) is 10.1. The Labute approximate surface area is 193 Å². The molecule has 9 nitrogen and oxygen atoms in total. The zero-order valence-corrected chi connectivity index (χ0v) is 19.6. The van der Waals surface area contributed by atoms with Crippen molar-refractivity contribution in [1.29, 1.82) is 0 Å². The monoisotopic (exact) mass is 473 g/mol. The molecular formula is C23H27N3O6S. The fraction of sp³-hybridized carbons (Fsp3) is 0.348. The van der Waals surface area contributed by atoms with Crippen LogP contribution in [0.3, 0.4) is 0 Å². The number of anilines is 1. The summed E-state index contributed by atoms with van der Waals surface area (Å²) >= 11 is 0. The third-order valence-electron chi connectivity index (χ3n) is 5.27. The van der Waals surface area contributed by atoms with Gasteiger partial charge in [0.05, 0.1) is 4.90 Å². The van der Waals surface area contributed by atoms with E-state index in [9.17, 15) is 22.8 Å². The van der Waals surface area contributed by atoms with Crippen LogP contribution in [-0.2, 0) is 24.3 Å². The molecule has 10 heteroatoms. The summed E-state index contributed by atoms with van der Waals surface area (Å²) in [7, 11) is -0.568. The minimum atomic E-state index is -3.85. The predicted octanol–water partition coefficient (Wildman–Crippen LogP) is 2.03. The SMILES string of the molecule is Cc1ccc(S(=O)(=O)N2CCC[C@H]2C(=O)OCC(=O)Nc2ccc(C(=O)N(C)C)cc2)cc1. The second-order valence-electron chi connectivity index (χ2n) is 8.02. The van der Waals surface area contributed by atoms with Crippen molar-refractivity contribution in [1.82, 2.24) is 9.21 Å². The molecule has 2 aromatic carbocycles. The number of benzene rings is 2. The predicted molar refractivity (Wildman–Crippen MR) is 122 cm³/mol. The lowest BCUT2D eigenvalue weighted by molar-refractivity contribution is -0.150. The number of nitrogens with zero attached hydrogens (tertiary/aromatic N) is 2. The van der Waals surface area contributed by atoms with Gasteiger partial charge in [-0.25, -0.2) is 8.42 Å². The molecule has 1 fully saturated rings. The summed E-state index contributed by atoms with van der Waals surface area (Å²) in [4.78, 5) is 38.2. The molecule has 1 N–H and O–H groups in total. The molecule has 2 aromatic rings. The minimum absolute atomic E-state index is 0.113. The molecule has 33 heavy (non-hydrogen) atoms. The zero-order chi connectivity index (χ0) is 24.2. The Kier molecular flexibility index (Phi) is 7.50. The molecule has 1 aliphatic rings. The van der Waals surface area contributed by atoms with Crippen molar-refractivity contribution in [2.45, 2.75) is 30.7 Å². The standard InChI is InChI=1S/C23H27N3O6S/c1-16-6-12-19(13-7-16)33(30,31)26-14-4-5-20(26)23(29)32-15-21(27)24-18-10-8-17(9-11-18)22(28)25(2)3/h6-13,20H,4-5,14-15H2,1-3H3,(H,24,27)/t20-/m0/s1. The van der Waals surface area contributed by atoms with Gasteiger partial charge in [-0.2, -0.15) is 4.31 Å². The summed E-state index contributed by atoms with van der Waals surface area (Å²) in [5, 5.41) is 2.58. The maximum absolute atomic E-state index is 13.0. The van der Waals surface area contributed by atoms with Gasteiger partial charge in [0.1, 0.15) is 6.04 Å². The fourth-order valence-electron chi connectivity index (χ4n) is 3.49. The van der Waals surface area contributed by atoms with Crippen LogP contribution in [0, 0.1) is 6.92 Å². The van der Waals surface area contributed by atoms with Gasteiger partial charge in [-0.1, -0.05) is 17.7 Å². The third kappa shape index (κ3) is 5.77. The number of hydrogen-bond donors (Lipinski definition) is 1. The average molecular weight is 474 g/mol. The lowest BCUT2D eigenvalue weighted by atomic mass is 10.2. The summed E-state index contributed by atoms with van der Waals surface area (Å²) < 4.78 is 32.2. The highest BCUT2D eigenvalue weighted by molar-refractivity contribution is 7.89. The summed E-state index contributed by atoms with van der Waals surface area (Å²) in [6, 6.07) is 11.7. The Morgan fingerprint density at radius 1 is 1.06 bits per heavy atom. The number of esters is 1. The van der Waals surface area contributed by atoms with Gasteiger partial charge in [0, 0.05) is 31.9 Å². The summed E-state index contributed by atoms with van der Waals surface area (Å²) in [6.45, 7) is 1.52. The molecule has 1 heterocycles. The van der Waals surface area contributed by atoms with E-state index >= 15 is 0 Å². The maximum atomic E-state index is 13.0. The quantitative estimate of drug-likeness (QED) is 0.616. The average Bonchev–Trinajstić information content (AvgIpc) is 3.29. The van der Waals surface area contributed by atoms with E-state index < -0.39 is 34.5 Å². The Hall–Kier alpha value is -3.24. The molecule has 1 saturated heterocycles. The van der Waals surface area contributed by atoms with Crippen molar-refractivity contribution < 1.29 is 27.5 Å². The molecule has 1 aliphatic heterocycles. The molecule has 0 bridgehead atoms. The number of sulfonamides is 1. The lowest BCUT2D eigenvalue weighted by Crippen LogP contribution is -2.42. The largest absolute Gasteiger partial charge is 0.454 e. The van der Waals surface area contributed by atoms with Crippen LogP contribution in [0.4, 0.5) is 5.69 Å². The Morgan fingerprint density at radius 3 is 2.30 bits per heavy atom. The number of amides is 2. The fourth-order valence-corrected chi connectivity index (χ4v) is 5.14. The van der Waals surface area contributed by atoms with Gasteiger partial charge in [-0.3, -0.25) is 14.4 Å². The topological polar surface area (TPSA) is 113 Å². The minimum Gasteiger partial charge on any atom is -0.454 e. The number of nitrogens with one attached hydrogen (secondary N) is 1. The Balaban J connectivity index is 1.58. The molecule has 1 atom stereocenters. The van der Waals surface area contributed by atoms with Gasteiger partial charge in [-0.05, 0) is 56.2 Å². The Bertz CT molecular complexity index is 1130. The molecule has 176 valence electrons. The van der Waals surface area contributed by atoms with Gasteiger partial charge in [-0.15, -0.1) is 0 Å². The van der Waals surface area contributed by atoms with Crippen molar-refractivity contribution in [2.24, 2.45) is 0 Å². The van der Waals surface area contributed by atoms with Crippen LogP contribution in [-0.4, -0.2) is 68.7 Å². The van der Waals surface area contributed by atoms with E-state index in [0.29, 0.717) is 24.1 Å². The van der Waals surface area contributed by atoms with Crippen LogP contribution < -0.4 is 5.32 Å². The first-order valence-corrected chi connectivity index (χ1v) is 11.9. The highest BCUT2D eigenvalue weighted by Crippen LogP contribution is 2.27. The van der Waals surface area contributed by atoms with Crippen molar-refractivity contribution in [3.8, 4) is 0 Å². The highest BCUT2D eigenvalue weighted by atomic mass is 32.2. The number of rotatable bonds is 7. The van der Waals surface area contributed by atoms with Gasteiger partial charge in [0.2, 0.25) is 10.0 Å².